The molecule has 1 rings (SSSR count). The highest BCUT2D eigenvalue weighted by molar-refractivity contribution is 5.45. The molecule has 1 heterocycles. The van der Waals surface area contributed by atoms with Crippen molar-refractivity contribution in [3.05, 3.63) is 29.9 Å². The maximum absolute atomic E-state index is 4.19. The topological polar surface area (TPSA) is 17.8 Å². The minimum atomic E-state index is 0.971. The van der Waals surface area contributed by atoms with Gasteiger partial charge in [0.05, 0.1) is 0 Å². The van der Waals surface area contributed by atoms with Crippen LogP contribution in [0.2, 0.25) is 0 Å². The van der Waals surface area contributed by atoms with Crippen LogP contribution in [-0.4, -0.2) is 9.55 Å². The molecule has 0 radical (unpaired) electrons. The van der Waals surface area contributed by atoms with E-state index in [1.807, 2.05) is 29.8 Å². The summed E-state index contributed by atoms with van der Waals surface area (Å²) < 4.78 is 2.01. The number of imidazole rings is 1. The molecule has 0 saturated carbocycles. The molecule has 0 amide bonds. The molecule has 0 unspecified atom stereocenters. The van der Waals surface area contributed by atoms with Crippen LogP contribution in [0.3, 0.4) is 0 Å². The molecular formula is C10H14N2. The van der Waals surface area contributed by atoms with Crippen molar-refractivity contribution < 1.29 is 0 Å². The summed E-state index contributed by atoms with van der Waals surface area (Å²) in [6, 6.07) is 0. The van der Waals surface area contributed by atoms with E-state index in [1.54, 1.807) is 6.20 Å². The SMILES string of the molecule is C/C=C\c1nccn1C=C(C)C. The Morgan fingerprint density at radius 1 is 1.50 bits per heavy atom. The average Bonchev–Trinajstić information content (AvgIpc) is 2.37. The highest BCUT2D eigenvalue weighted by Gasteiger charge is 1.93. The van der Waals surface area contributed by atoms with Crippen LogP contribution in [-0.2, 0) is 0 Å². The normalized spacial score (nSPS) is 10.6. The largest absolute Gasteiger partial charge is 0.307 e. The standard InChI is InChI=1S/C10H14N2/c1-4-5-10-11-6-7-12(10)8-9(2)3/h4-8H,1-3H3/b5-4-. The molecule has 0 aliphatic heterocycles. The van der Waals surface area contributed by atoms with Gasteiger partial charge in [0.25, 0.3) is 0 Å². The van der Waals surface area contributed by atoms with Gasteiger partial charge in [-0.25, -0.2) is 4.98 Å². The minimum absolute atomic E-state index is 0.971. The second-order valence-electron chi connectivity index (χ2n) is 2.90. The van der Waals surface area contributed by atoms with Crippen LogP contribution in [0.4, 0.5) is 0 Å². The van der Waals surface area contributed by atoms with Crippen LogP contribution in [0, 0.1) is 0 Å². The number of hydrogen-bond donors (Lipinski definition) is 0. The molecule has 0 bridgehead atoms. The van der Waals surface area contributed by atoms with E-state index in [9.17, 15) is 0 Å². The Morgan fingerprint density at radius 2 is 2.25 bits per heavy atom. The molecule has 0 aliphatic carbocycles. The van der Waals surface area contributed by atoms with E-state index in [2.05, 4.69) is 25.0 Å². The second-order valence-corrected chi connectivity index (χ2v) is 2.90. The van der Waals surface area contributed by atoms with Gasteiger partial charge in [-0.05, 0) is 26.8 Å². The zero-order chi connectivity index (χ0) is 8.97. The first kappa shape index (κ1) is 8.78. The van der Waals surface area contributed by atoms with Crippen molar-refractivity contribution in [2.45, 2.75) is 20.8 Å². The van der Waals surface area contributed by atoms with Crippen LogP contribution in [0.1, 0.15) is 26.6 Å². The molecule has 0 spiro atoms. The predicted molar refractivity (Wildman–Crippen MR) is 52.6 cm³/mol. The fourth-order valence-corrected chi connectivity index (χ4v) is 0.990. The van der Waals surface area contributed by atoms with Crippen LogP contribution in [0.5, 0.6) is 0 Å². The molecule has 0 atom stereocenters. The number of hydrogen-bond acceptors (Lipinski definition) is 1. The van der Waals surface area contributed by atoms with Gasteiger partial charge < -0.3 is 4.57 Å². The predicted octanol–water partition coefficient (Wildman–Crippen LogP) is 2.80. The first-order valence-electron chi connectivity index (χ1n) is 4.04. The van der Waals surface area contributed by atoms with Gasteiger partial charge in [-0.15, -0.1) is 0 Å². The summed E-state index contributed by atoms with van der Waals surface area (Å²) in [6.45, 7) is 6.13. The quantitative estimate of drug-likeness (QED) is 0.653. The molecule has 0 N–H and O–H groups in total. The Balaban J connectivity index is 2.99. The molecule has 0 aliphatic rings. The third-order valence-corrected chi connectivity index (χ3v) is 1.41. The zero-order valence-corrected chi connectivity index (χ0v) is 7.78. The summed E-state index contributed by atoms with van der Waals surface area (Å²) in [5.74, 6) is 0.971. The van der Waals surface area contributed by atoms with Gasteiger partial charge in [0.2, 0.25) is 0 Å². The fraction of sp³-hybridized carbons (Fsp3) is 0.300. The van der Waals surface area contributed by atoms with E-state index < -0.39 is 0 Å². The first-order valence-corrected chi connectivity index (χ1v) is 4.04. The van der Waals surface area contributed by atoms with Crippen molar-refractivity contribution in [3.63, 3.8) is 0 Å². The van der Waals surface area contributed by atoms with Crippen LogP contribution in [0.15, 0.2) is 24.0 Å². The van der Waals surface area contributed by atoms with E-state index in [0.29, 0.717) is 0 Å². The molecule has 1 aromatic heterocycles. The molecule has 0 saturated heterocycles. The van der Waals surface area contributed by atoms with Gasteiger partial charge in [0, 0.05) is 18.6 Å². The smallest absolute Gasteiger partial charge is 0.136 e. The maximum Gasteiger partial charge on any atom is 0.136 e. The van der Waals surface area contributed by atoms with Gasteiger partial charge >= 0.3 is 0 Å². The van der Waals surface area contributed by atoms with Crippen molar-refractivity contribution >= 4 is 12.3 Å². The van der Waals surface area contributed by atoms with Crippen LogP contribution >= 0.6 is 0 Å². The minimum Gasteiger partial charge on any atom is -0.307 e. The van der Waals surface area contributed by atoms with Gasteiger partial charge in [-0.1, -0.05) is 11.6 Å². The van der Waals surface area contributed by atoms with E-state index in [4.69, 9.17) is 0 Å². The fourth-order valence-electron chi connectivity index (χ4n) is 0.990. The molecule has 64 valence electrons. The van der Waals surface area contributed by atoms with Crippen LogP contribution < -0.4 is 0 Å². The molecule has 0 aromatic carbocycles. The molecule has 1 aromatic rings. The van der Waals surface area contributed by atoms with Gasteiger partial charge in [-0.3, -0.25) is 0 Å². The Labute approximate surface area is 73.2 Å². The van der Waals surface area contributed by atoms with Gasteiger partial charge in [0.1, 0.15) is 5.82 Å². The zero-order valence-electron chi connectivity index (χ0n) is 7.78. The number of allylic oxidation sites excluding steroid dienone is 2. The summed E-state index contributed by atoms with van der Waals surface area (Å²) in [5.41, 5.74) is 1.26. The lowest BCUT2D eigenvalue weighted by Gasteiger charge is -1.97. The lowest BCUT2D eigenvalue weighted by atomic mass is 10.4. The van der Waals surface area contributed by atoms with E-state index in [-0.39, 0.29) is 0 Å². The van der Waals surface area contributed by atoms with Crippen molar-refractivity contribution in [2.24, 2.45) is 0 Å². The summed E-state index contributed by atoms with van der Waals surface area (Å²) in [7, 11) is 0. The summed E-state index contributed by atoms with van der Waals surface area (Å²) in [5, 5.41) is 0. The molecule has 2 nitrogen and oxygen atoms in total. The monoisotopic (exact) mass is 162 g/mol. The molecular weight excluding hydrogens is 148 g/mol. The lowest BCUT2D eigenvalue weighted by Crippen LogP contribution is -1.88. The second kappa shape index (κ2) is 3.90. The number of aromatic nitrogens is 2. The van der Waals surface area contributed by atoms with E-state index in [0.717, 1.165) is 5.82 Å². The Morgan fingerprint density at radius 3 is 2.83 bits per heavy atom. The highest BCUT2D eigenvalue weighted by atomic mass is 15.0. The third kappa shape index (κ3) is 2.09. The van der Waals surface area contributed by atoms with Gasteiger partial charge in [-0.2, -0.15) is 0 Å². The molecule has 2 heteroatoms. The first-order chi connectivity index (χ1) is 5.74. The molecule has 12 heavy (non-hydrogen) atoms. The number of rotatable bonds is 2. The van der Waals surface area contributed by atoms with E-state index in [1.165, 1.54) is 5.57 Å². The van der Waals surface area contributed by atoms with Crippen molar-refractivity contribution in [2.75, 3.05) is 0 Å². The van der Waals surface area contributed by atoms with Crippen LogP contribution in [0.25, 0.3) is 12.3 Å². The van der Waals surface area contributed by atoms with Crippen molar-refractivity contribution in [1.29, 1.82) is 0 Å². The Hall–Kier alpha value is -1.31. The van der Waals surface area contributed by atoms with Crippen molar-refractivity contribution in [1.82, 2.24) is 9.55 Å². The van der Waals surface area contributed by atoms with E-state index >= 15 is 0 Å². The maximum atomic E-state index is 4.19. The average molecular weight is 162 g/mol. The Bertz CT molecular complexity index is 301. The van der Waals surface area contributed by atoms with Gasteiger partial charge in [0.15, 0.2) is 0 Å². The lowest BCUT2D eigenvalue weighted by molar-refractivity contribution is 1.09. The molecule has 0 fully saturated rings. The highest BCUT2D eigenvalue weighted by Crippen LogP contribution is 2.03. The summed E-state index contributed by atoms with van der Waals surface area (Å²) in [4.78, 5) is 4.19. The summed E-state index contributed by atoms with van der Waals surface area (Å²) >= 11 is 0. The summed E-state index contributed by atoms with van der Waals surface area (Å²) in [6.07, 6.45) is 9.77. The third-order valence-electron chi connectivity index (χ3n) is 1.41. The van der Waals surface area contributed by atoms with Crippen molar-refractivity contribution in [3.8, 4) is 0 Å². The number of nitrogens with zero attached hydrogens (tertiary/aromatic N) is 2. The Kier molecular flexibility index (Phi) is 2.86.